The lowest BCUT2D eigenvalue weighted by atomic mass is 10.1. The van der Waals surface area contributed by atoms with E-state index < -0.39 is 0 Å². The molecule has 0 aromatic heterocycles. The van der Waals surface area contributed by atoms with Crippen LogP contribution in [0.15, 0.2) is 36.5 Å². The Hall–Kier alpha value is -1.59. The van der Waals surface area contributed by atoms with E-state index in [4.69, 9.17) is 5.11 Å². The number of ketones is 1. The van der Waals surface area contributed by atoms with Crippen molar-refractivity contribution in [2.75, 3.05) is 6.61 Å². The summed E-state index contributed by atoms with van der Waals surface area (Å²) in [7, 11) is 0. The van der Waals surface area contributed by atoms with Gasteiger partial charge in [-0.1, -0.05) is 68.6 Å². The first-order valence-electron chi connectivity index (χ1n) is 9.34. The topological polar surface area (TPSA) is 37.3 Å². The fraction of sp³-hybridized carbons (Fsp3) is 0.591. The van der Waals surface area contributed by atoms with Crippen LogP contribution < -0.4 is 0 Å². The van der Waals surface area contributed by atoms with Crippen LogP contribution in [0.4, 0.5) is 0 Å². The molecule has 0 bridgehead atoms. The predicted molar refractivity (Wildman–Crippen MR) is 104 cm³/mol. The van der Waals surface area contributed by atoms with Crippen LogP contribution >= 0.6 is 0 Å². The molecule has 2 nitrogen and oxygen atoms in total. The van der Waals surface area contributed by atoms with Crippen molar-refractivity contribution in [3.8, 4) is 11.8 Å². The lowest BCUT2D eigenvalue weighted by molar-refractivity contribution is -0.121. The van der Waals surface area contributed by atoms with Crippen LogP contribution in [0.1, 0.15) is 77.6 Å². The van der Waals surface area contributed by atoms with Crippen LogP contribution in [-0.2, 0) is 4.79 Å². The van der Waals surface area contributed by atoms with E-state index in [2.05, 4.69) is 55.2 Å². The van der Waals surface area contributed by atoms with Gasteiger partial charge >= 0.3 is 0 Å². The Bertz CT molecular complexity index is 433. The smallest absolute Gasteiger partial charge is 0.158 e. The highest BCUT2D eigenvalue weighted by Gasteiger charge is 1.96. The number of aliphatic hydroxyl groups excluding tert-OH is 1. The second-order valence-electron chi connectivity index (χ2n) is 5.84. The van der Waals surface area contributed by atoms with E-state index in [1.54, 1.807) is 0 Å². The first-order chi connectivity index (χ1) is 11.8. The Morgan fingerprint density at radius 3 is 2.29 bits per heavy atom. The van der Waals surface area contributed by atoms with Crippen molar-refractivity contribution in [1.29, 1.82) is 0 Å². The average Bonchev–Trinajstić information content (AvgIpc) is 2.60. The first kappa shape index (κ1) is 22.4. The fourth-order valence-corrected chi connectivity index (χ4v) is 2.10. The Morgan fingerprint density at radius 1 is 0.875 bits per heavy atom. The summed E-state index contributed by atoms with van der Waals surface area (Å²) in [5.41, 5.74) is 0. The molecule has 0 fully saturated rings. The largest absolute Gasteiger partial charge is 0.389 e. The Morgan fingerprint density at radius 2 is 1.58 bits per heavy atom. The van der Waals surface area contributed by atoms with Gasteiger partial charge in [-0.05, 0) is 32.1 Å². The molecule has 1 N–H and O–H groups in total. The minimum atomic E-state index is -0.349. The number of rotatable bonds is 14. The second-order valence-corrected chi connectivity index (χ2v) is 5.84. The summed E-state index contributed by atoms with van der Waals surface area (Å²) < 4.78 is 0. The molecule has 0 spiro atoms. The van der Waals surface area contributed by atoms with Crippen LogP contribution in [0.2, 0.25) is 0 Å². The highest BCUT2D eigenvalue weighted by Crippen LogP contribution is 2.03. The van der Waals surface area contributed by atoms with Crippen molar-refractivity contribution in [1.82, 2.24) is 0 Å². The number of allylic oxidation sites excluding steroid dienone is 6. The van der Waals surface area contributed by atoms with E-state index in [0.717, 1.165) is 32.1 Å². The summed E-state index contributed by atoms with van der Waals surface area (Å²) in [4.78, 5) is 10.9. The van der Waals surface area contributed by atoms with Crippen molar-refractivity contribution in [2.24, 2.45) is 0 Å². The van der Waals surface area contributed by atoms with Gasteiger partial charge in [-0.15, -0.1) is 5.92 Å². The highest BCUT2D eigenvalue weighted by molar-refractivity contribution is 5.79. The van der Waals surface area contributed by atoms with Crippen LogP contribution in [0.3, 0.4) is 0 Å². The molecule has 2 heteroatoms. The summed E-state index contributed by atoms with van der Waals surface area (Å²) in [5, 5.41) is 8.57. The molecular weight excluding hydrogens is 296 g/mol. The van der Waals surface area contributed by atoms with Gasteiger partial charge in [0.1, 0.15) is 6.61 Å². The lowest BCUT2D eigenvalue weighted by Gasteiger charge is -1.93. The predicted octanol–water partition coefficient (Wildman–Crippen LogP) is 5.53. The molecule has 0 unspecified atom stereocenters. The van der Waals surface area contributed by atoms with Crippen molar-refractivity contribution in [2.45, 2.75) is 77.6 Å². The number of hydrogen-bond acceptors (Lipinski definition) is 2. The summed E-state index contributed by atoms with van der Waals surface area (Å²) >= 11 is 0. The first-order valence-corrected chi connectivity index (χ1v) is 9.34. The summed E-state index contributed by atoms with van der Waals surface area (Å²) in [6, 6.07) is 0. The molecule has 0 rings (SSSR count). The van der Waals surface area contributed by atoms with E-state index >= 15 is 0 Å². The molecular formula is C22H34O2. The number of hydrogen-bond donors (Lipinski definition) is 1. The van der Waals surface area contributed by atoms with E-state index in [1.807, 2.05) is 0 Å². The summed E-state index contributed by atoms with van der Waals surface area (Å²) in [6.07, 6.45) is 24.3. The maximum atomic E-state index is 10.9. The van der Waals surface area contributed by atoms with Gasteiger partial charge in [0.25, 0.3) is 0 Å². The monoisotopic (exact) mass is 330 g/mol. The number of aliphatic hydroxyl groups is 1. The molecule has 0 saturated carbocycles. The second kappa shape index (κ2) is 19.5. The van der Waals surface area contributed by atoms with E-state index in [0.29, 0.717) is 6.42 Å². The molecule has 0 aliphatic carbocycles. The van der Waals surface area contributed by atoms with Gasteiger partial charge in [0.05, 0.1) is 0 Å². The van der Waals surface area contributed by atoms with Crippen molar-refractivity contribution in [3.05, 3.63) is 36.5 Å². The van der Waals surface area contributed by atoms with E-state index in [9.17, 15) is 4.79 Å². The Labute approximate surface area is 148 Å². The van der Waals surface area contributed by atoms with Crippen molar-refractivity contribution < 1.29 is 9.90 Å². The molecule has 0 atom stereocenters. The minimum absolute atomic E-state index is 0.102. The Kier molecular flexibility index (Phi) is 18.2. The molecule has 0 amide bonds. The van der Waals surface area contributed by atoms with Gasteiger partial charge in [-0.2, -0.15) is 0 Å². The fourth-order valence-electron chi connectivity index (χ4n) is 2.10. The van der Waals surface area contributed by atoms with Gasteiger partial charge in [0.15, 0.2) is 5.78 Å². The quantitative estimate of drug-likeness (QED) is 0.258. The van der Waals surface area contributed by atoms with E-state index in [1.165, 1.54) is 32.1 Å². The average molecular weight is 331 g/mol. The third kappa shape index (κ3) is 18.5. The summed E-state index contributed by atoms with van der Waals surface area (Å²) in [6.45, 7) is 1.89. The molecule has 0 aliphatic rings. The van der Waals surface area contributed by atoms with Gasteiger partial charge in [0, 0.05) is 19.3 Å². The van der Waals surface area contributed by atoms with Crippen LogP contribution in [0.5, 0.6) is 0 Å². The van der Waals surface area contributed by atoms with E-state index in [-0.39, 0.29) is 12.4 Å². The highest BCUT2D eigenvalue weighted by atomic mass is 16.3. The number of carbonyl (C=O) groups excluding carboxylic acids is 1. The zero-order chi connectivity index (χ0) is 17.7. The molecule has 0 aromatic rings. The third-order valence-electron chi connectivity index (χ3n) is 3.55. The zero-order valence-corrected chi connectivity index (χ0v) is 15.3. The maximum Gasteiger partial charge on any atom is 0.158 e. The molecule has 134 valence electrons. The third-order valence-corrected chi connectivity index (χ3v) is 3.55. The van der Waals surface area contributed by atoms with Gasteiger partial charge in [0.2, 0.25) is 0 Å². The molecule has 0 aliphatic heterocycles. The van der Waals surface area contributed by atoms with Gasteiger partial charge < -0.3 is 5.11 Å². The number of Topliss-reactive ketones (excluding diaryl/α,β-unsaturated/α-hetero) is 1. The van der Waals surface area contributed by atoms with Crippen molar-refractivity contribution >= 4 is 5.78 Å². The molecule has 0 heterocycles. The lowest BCUT2D eigenvalue weighted by Crippen LogP contribution is -2.02. The number of carbonyl (C=O) groups is 1. The maximum absolute atomic E-state index is 10.9. The minimum Gasteiger partial charge on any atom is -0.389 e. The SMILES string of the molecule is CCCCCCC=CCC=CCC=CCC#CCCCC(=O)CO. The number of unbranched alkanes of at least 4 members (excludes halogenated alkanes) is 5. The van der Waals surface area contributed by atoms with Crippen LogP contribution in [0, 0.1) is 11.8 Å². The van der Waals surface area contributed by atoms with Gasteiger partial charge in [-0.3, -0.25) is 4.79 Å². The van der Waals surface area contributed by atoms with Crippen LogP contribution in [0.25, 0.3) is 0 Å². The zero-order valence-electron chi connectivity index (χ0n) is 15.3. The standard InChI is InChI=1S/C22H34O2/c1-2-3-4-5-6-7-8-9-10-11-12-13-14-15-16-17-18-19-20-22(24)21-23/h7-8,10-11,13-14,23H,2-6,9,12,15,18-21H2,1H3. The molecule has 0 radical (unpaired) electrons. The van der Waals surface area contributed by atoms with Crippen molar-refractivity contribution in [3.63, 3.8) is 0 Å². The molecule has 24 heavy (non-hydrogen) atoms. The van der Waals surface area contributed by atoms with Gasteiger partial charge in [-0.25, -0.2) is 0 Å². The van der Waals surface area contributed by atoms with Crippen LogP contribution in [-0.4, -0.2) is 17.5 Å². The Balaban J connectivity index is 3.45. The summed E-state index contributed by atoms with van der Waals surface area (Å²) in [5.74, 6) is 6.01. The molecule has 0 saturated heterocycles. The normalized spacial score (nSPS) is 11.4. The molecule has 0 aromatic carbocycles.